The lowest BCUT2D eigenvalue weighted by Gasteiger charge is -2.13. The third-order valence-electron chi connectivity index (χ3n) is 3.29. The van der Waals surface area contributed by atoms with Gasteiger partial charge in [0.15, 0.2) is 0 Å². The number of anilines is 2. The van der Waals surface area contributed by atoms with Crippen molar-refractivity contribution in [3.05, 3.63) is 35.2 Å². The monoisotopic (exact) mass is 364 g/mol. The summed E-state index contributed by atoms with van der Waals surface area (Å²) in [5.41, 5.74) is 0.877. The number of nitrogens with one attached hydrogen (secondary N) is 2. The predicted octanol–water partition coefficient (Wildman–Crippen LogP) is 3.28. The third-order valence-corrected chi connectivity index (χ3v) is 3.59. The van der Waals surface area contributed by atoms with Crippen LogP contribution in [0.2, 0.25) is 5.02 Å². The van der Waals surface area contributed by atoms with E-state index >= 15 is 0 Å². The van der Waals surface area contributed by atoms with Gasteiger partial charge in [0.25, 0.3) is 5.91 Å². The number of rotatable bonds is 7. The van der Waals surface area contributed by atoms with Crippen molar-refractivity contribution in [2.24, 2.45) is 5.92 Å². The van der Waals surface area contributed by atoms with Crippen molar-refractivity contribution < 1.29 is 14.3 Å². The van der Waals surface area contributed by atoms with Crippen LogP contribution in [0.3, 0.4) is 0 Å². The Labute approximate surface area is 151 Å². The Bertz CT molecular complexity index is 735. The van der Waals surface area contributed by atoms with E-state index < -0.39 is 0 Å². The predicted molar refractivity (Wildman–Crippen MR) is 97.0 cm³/mol. The Hall–Kier alpha value is -2.54. The summed E-state index contributed by atoms with van der Waals surface area (Å²) in [5, 5.41) is 6.30. The first-order chi connectivity index (χ1) is 11.9. The number of ether oxygens (including phenoxy) is 2. The van der Waals surface area contributed by atoms with Crippen molar-refractivity contribution >= 4 is 29.0 Å². The van der Waals surface area contributed by atoms with Crippen molar-refractivity contribution in [2.45, 2.75) is 13.8 Å². The zero-order valence-electron chi connectivity index (χ0n) is 14.6. The standard InChI is InChI=1S/C17H21ClN4O3/c1-10(2)7-21-17(23)13-8-20-16(9-19-13)22-12-6-14(24-3)11(18)5-15(12)25-4/h5-6,8-10H,7H2,1-4H3,(H,20,22)(H,21,23). The SMILES string of the molecule is COc1cc(Nc2cnc(C(=O)NCC(C)C)cn2)c(OC)cc1Cl. The van der Waals surface area contributed by atoms with Crippen molar-refractivity contribution in [1.29, 1.82) is 0 Å². The number of hydrogen-bond acceptors (Lipinski definition) is 6. The number of benzene rings is 1. The Balaban J connectivity index is 2.15. The molecule has 0 atom stereocenters. The number of carbonyl (C=O) groups excluding carboxylic acids is 1. The van der Waals surface area contributed by atoms with Gasteiger partial charge in [-0.25, -0.2) is 9.97 Å². The van der Waals surface area contributed by atoms with Gasteiger partial charge >= 0.3 is 0 Å². The molecule has 0 bridgehead atoms. The van der Waals surface area contributed by atoms with Gasteiger partial charge in [-0.3, -0.25) is 4.79 Å². The Kier molecular flexibility index (Phi) is 6.41. The molecule has 2 rings (SSSR count). The van der Waals surface area contributed by atoms with E-state index in [1.165, 1.54) is 26.6 Å². The molecule has 1 aromatic heterocycles. The highest BCUT2D eigenvalue weighted by molar-refractivity contribution is 6.32. The molecule has 0 aliphatic heterocycles. The molecule has 0 saturated heterocycles. The van der Waals surface area contributed by atoms with E-state index in [9.17, 15) is 4.79 Å². The maximum absolute atomic E-state index is 12.0. The van der Waals surface area contributed by atoms with Crippen LogP contribution in [0.5, 0.6) is 11.5 Å². The van der Waals surface area contributed by atoms with Crippen LogP contribution in [-0.2, 0) is 0 Å². The second-order valence-electron chi connectivity index (χ2n) is 5.70. The Morgan fingerprint density at radius 2 is 1.88 bits per heavy atom. The maximum atomic E-state index is 12.0. The number of methoxy groups -OCH3 is 2. The normalized spacial score (nSPS) is 10.5. The van der Waals surface area contributed by atoms with E-state index in [1.54, 1.807) is 12.1 Å². The summed E-state index contributed by atoms with van der Waals surface area (Å²) in [6.45, 7) is 4.63. The highest BCUT2D eigenvalue weighted by Gasteiger charge is 2.12. The lowest BCUT2D eigenvalue weighted by atomic mass is 10.2. The highest BCUT2D eigenvalue weighted by atomic mass is 35.5. The summed E-state index contributed by atoms with van der Waals surface area (Å²) in [7, 11) is 3.07. The average molecular weight is 365 g/mol. The van der Waals surface area contributed by atoms with Gasteiger partial charge in [-0.2, -0.15) is 0 Å². The highest BCUT2D eigenvalue weighted by Crippen LogP contribution is 2.36. The molecule has 0 spiro atoms. The fourth-order valence-corrected chi connectivity index (χ4v) is 2.22. The molecule has 25 heavy (non-hydrogen) atoms. The molecule has 1 heterocycles. The molecule has 0 saturated carbocycles. The molecule has 0 unspecified atom stereocenters. The van der Waals surface area contributed by atoms with E-state index in [4.69, 9.17) is 21.1 Å². The summed E-state index contributed by atoms with van der Waals surface area (Å²) >= 11 is 6.09. The van der Waals surface area contributed by atoms with Crippen molar-refractivity contribution in [1.82, 2.24) is 15.3 Å². The smallest absolute Gasteiger partial charge is 0.271 e. The van der Waals surface area contributed by atoms with E-state index in [1.807, 2.05) is 13.8 Å². The molecular formula is C17H21ClN4O3. The van der Waals surface area contributed by atoms with Crippen LogP contribution in [0.4, 0.5) is 11.5 Å². The number of halogens is 1. The molecule has 1 amide bonds. The second kappa shape index (κ2) is 8.53. The molecule has 2 aromatic rings. The van der Waals surface area contributed by atoms with Crippen LogP contribution in [0.15, 0.2) is 24.5 Å². The Morgan fingerprint density at radius 1 is 1.16 bits per heavy atom. The summed E-state index contributed by atoms with van der Waals surface area (Å²) in [6, 6.07) is 3.34. The molecular weight excluding hydrogens is 344 g/mol. The molecule has 1 aromatic carbocycles. The lowest BCUT2D eigenvalue weighted by molar-refractivity contribution is 0.0943. The second-order valence-corrected chi connectivity index (χ2v) is 6.11. The number of carbonyl (C=O) groups is 1. The van der Waals surface area contributed by atoms with Gasteiger partial charge in [-0.15, -0.1) is 0 Å². The van der Waals surface area contributed by atoms with Crippen LogP contribution < -0.4 is 20.1 Å². The van der Waals surface area contributed by atoms with Gasteiger partial charge in [0.1, 0.15) is 23.0 Å². The van der Waals surface area contributed by atoms with Gasteiger partial charge < -0.3 is 20.1 Å². The number of hydrogen-bond donors (Lipinski definition) is 2. The van der Waals surface area contributed by atoms with Crippen LogP contribution in [0, 0.1) is 5.92 Å². The largest absolute Gasteiger partial charge is 0.495 e. The minimum Gasteiger partial charge on any atom is -0.495 e. The first-order valence-corrected chi connectivity index (χ1v) is 8.11. The summed E-state index contributed by atoms with van der Waals surface area (Å²) < 4.78 is 10.5. The van der Waals surface area contributed by atoms with Crippen molar-refractivity contribution in [3.63, 3.8) is 0 Å². The fourth-order valence-electron chi connectivity index (χ4n) is 1.99. The molecule has 0 aliphatic rings. The number of aromatic nitrogens is 2. The van der Waals surface area contributed by atoms with Crippen LogP contribution in [0.25, 0.3) is 0 Å². The lowest BCUT2D eigenvalue weighted by Crippen LogP contribution is -2.28. The third kappa shape index (κ3) is 4.96. The van der Waals surface area contributed by atoms with E-state index in [2.05, 4.69) is 20.6 Å². The average Bonchev–Trinajstić information content (AvgIpc) is 2.61. The van der Waals surface area contributed by atoms with E-state index in [0.717, 1.165) is 0 Å². The molecule has 0 radical (unpaired) electrons. The first-order valence-electron chi connectivity index (χ1n) is 7.73. The van der Waals surface area contributed by atoms with Gasteiger partial charge in [0.05, 0.1) is 37.3 Å². The minimum atomic E-state index is -0.251. The zero-order chi connectivity index (χ0) is 18.4. The van der Waals surface area contributed by atoms with Crippen molar-refractivity contribution in [3.8, 4) is 11.5 Å². The zero-order valence-corrected chi connectivity index (χ0v) is 15.3. The van der Waals surface area contributed by atoms with Gasteiger partial charge in [-0.05, 0) is 5.92 Å². The Morgan fingerprint density at radius 3 is 2.44 bits per heavy atom. The summed E-state index contributed by atoms with van der Waals surface area (Å²) in [4.78, 5) is 20.3. The molecule has 7 nitrogen and oxygen atoms in total. The quantitative estimate of drug-likeness (QED) is 0.784. The number of nitrogens with zero attached hydrogens (tertiary/aromatic N) is 2. The number of amides is 1. The van der Waals surface area contributed by atoms with Crippen molar-refractivity contribution in [2.75, 3.05) is 26.1 Å². The maximum Gasteiger partial charge on any atom is 0.271 e. The molecule has 0 aliphatic carbocycles. The summed E-state index contributed by atoms with van der Waals surface area (Å²) in [5.74, 6) is 1.61. The molecule has 0 fully saturated rings. The van der Waals surface area contributed by atoms with Crippen LogP contribution in [0.1, 0.15) is 24.3 Å². The molecule has 2 N–H and O–H groups in total. The van der Waals surface area contributed by atoms with Gasteiger partial charge in [0, 0.05) is 18.7 Å². The molecule has 8 heteroatoms. The first kappa shape index (κ1) is 18.8. The minimum absolute atomic E-state index is 0.251. The van der Waals surface area contributed by atoms with Crippen LogP contribution >= 0.6 is 11.6 Å². The van der Waals surface area contributed by atoms with Gasteiger partial charge in [-0.1, -0.05) is 25.4 Å². The van der Waals surface area contributed by atoms with E-state index in [0.29, 0.717) is 40.5 Å². The van der Waals surface area contributed by atoms with Gasteiger partial charge in [0.2, 0.25) is 0 Å². The fraction of sp³-hybridized carbons (Fsp3) is 0.353. The topological polar surface area (TPSA) is 85.4 Å². The molecule has 134 valence electrons. The summed E-state index contributed by atoms with van der Waals surface area (Å²) in [6.07, 6.45) is 2.89. The van der Waals surface area contributed by atoms with E-state index in [-0.39, 0.29) is 11.6 Å². The van der Waals surface area contributed by atoms with Crippen LogP contribution in [-0.4, -0.2) is 36.6 Å².